The predicted molar refractivity (Wildman–Crippen MR) is 134 cm³/mol. The van der Waals surface area contributed by atoms with Crippen molar-refractivity contribution >= 4 is 22.6 Å². The number of fused-ring (bicyclic) bond motifs is 1. The van der Waals surface area contributed by atoms with E-state index < -0.39 is 0 Å². The molecular weight excluding hydrogens is 442 g/mol. The first-order chi connectivity index (χ1) is 17.1. The molecule has 0 unspecified atom stereocenters. The van der Waals surface area contributed by atoms with Crippen molar-refractivity contribution in [3.63, 3.8) is 0 Å². The van der Waals surface area contributed by atoms with Crippen LogP contribution in [-0.4, -0.2) is 39.5 Å². The molecule has 0 atom stereocenters. The average Bonchev–Trinajstić information content (AvgIpc) is 3.32. The highest BCUT2D eigenvalue weighted by Gasteiger charge is 2.29. The number of ether oxygens (including phenoxy) is 2. The third-order valence-corrected chi connectivity index (χ3v) is 5.65. The van der Waals surface area contributed by atoms with Gasteiger partial charge in [-0.15, -0.1) is 5.10 Å². The highest BCUT2D eigenvalue weighted by Crippen LogP contribution is 2.40. The van der Waals surface area contributed by atoms with Gasteiger partial charge in [-0.1, -0.05) is 59.8 Å². The molecule has 0 aliphatic heterocycles. The quantitative estimate of drug-likeness (QED) is 0.347. The fourth-order valence-corrected chi connectivity index (χ4v) is 4.04. The van der Waals surface area contributed by atoms with Gasteiger partial charge in [-0.05, 0) is 36.8 Å². The first kappa shape index (κ1) is 22.1. The fourth-order valence-electron chi connectivity index (χ4n) is 4.04. The van der Waals surface area contributed by atoms with Crippen molar-refractivity contribution in [2.24, 2.45) is 0 Å². The van der Waals surface area contributed by atoms with Crippen LogP contribution < -0.4 is 15.2 Å². The van der Waals surface area contributed by atoms with Gasteiger partial charge in [0.2, 0.25) is 5.88 Å². The Morgan fingerprint density at radius 1 is 0.971 bits per heavy atom. The van der Waals surface area contributed by atoms with Gasteiger partial charge < -0.3 is 15.2 Å². The molecule has 174 valence electrons. The Labute approximate surface area is 201 Å². The Kier molecular flexibility index (Phi) is 5.85. The first-order valence-corrected chi connectivity index (χ1v) is 11.1. The molecule has 0 amide bonds. The lowest BCUT2D eigenvalue weighted by molar-refractivity contribution is 0.103. The summed E-state index contributed by atoms with van der Waals surface area (Å²) >= 11 is 0. The van der Waals surface area contributed by atoms with Crippen molar-refractivity contribution in [2.45, 2.75) is 6.92 Å². The van der Waals surface area contributed by atoms with Crippen LogP contribution in [0.15, 0.2) is 78.9 Å². The van der Waals surface area contributed by atoms with E-state index >= 15 is 0 Å². The summed E-state index contributed by atoms with van der Waals surface area (Å²) in [6.07, 6.45) is 0. The molecule has 0 aliphatic rings. The summed E-state index contributed by atoms with van der Waals surface area (Å²) in [6, 6.07) is 23.9. The van der Waals surface area contributed by atoms with Crippen LogP contribution in [-0.2, 0) is 0 Å². The number of para-hydroxylation sites is 1. The molecule has 2 N–H and O–H groups in total. The van der Waals surface area contributed by atoms with Gasteiger partial charge in [0, 0.05) is 11.1 Å². The first-order valence-electron chi connectivity index (χ1n) is 11.1. The van der Waals surface area contributed by atoms with E-state index in [2.05, 4.69) is 15.3 Å². The Morgan fingerprint density at radius 3 is 2.40 bits per heavy atom. The second-order valence-electron chi connectivity index (χ2n) is 7.75. The zero-order valence-corrected chi connectivity index (χ0v) is 19.3. The Hall–Kier alpha value is -4.72. The maximum absolute atomic E-state index is 13.9. The summed E-state index contributed by atoms with van der Waals surface area (Å²) in [6.45, 7) is 2.15. The van der Waals surface area contributed by atoms with Gasteiger partial charge in [0.25, 0.3) is 0 Å². The van der Waals surface area contributed by atoms with Crippen LogP contribution >= 0.6 is 0 Å². The number of pyridine rings is 1. The minimum Gasteiger partial charge on any atom is -0.497 e. The van der Waals surface area contributed by atoms with Gasteiger partial charge in [0.1, 0.15) is 17.0 Å². The number of hydrogen-bond donors (Lipinski definition) is 1. The van der Waals surface area contributed by atoms with Crippen LogP contribution in [0.5, 0.6) is 11.6 Å². The van der Waals surface area contributed by atoms with E-state index in [1.807, 2.05) is 73.7 Å². The van der Waals surface area contributed by atoms with Crippen molar-refractivity contribution in [1.29, 1.82) is 0 Å². The molecule has 0 bridgehead atoms. The summed E-state index contributed by atoms with van der Waals surface area (Å²) < 4.78 is 12.8. The zero-order valence-electron chi connectivity index (χ0n) is 19.3. The number of nitrogens with zero attached hydrogens (tertiary/aromatic N) is 4. The molecule has 0 aliphatic carbocycles. The van der Waals surface area contributed by atoms with Crippen LogP contribution in [0.1, 0.15) is 22.8 Å². The SMILES string of the molecule is CCOc1nc(N)c(-n2nnc3ccccc32)c(-c2ccc(OC)cc2)c1C(=O)c1ccccc1. The van der Waals surface area contributed by atoms with Crippen LogP contribution in [0, 0.1) is 0 Å². The second-order valence-corrected chi connectivity index (χ2v) is 7.75. The summed E-state index contributed by atoms with van der Waals surface area (Å²) in [5.41, 5.74) is 10.5. The lowest BCUT2D eigenvalue weighted by atomic mass is 9.93. The number of aromatic nitrogens is 4. The van der Waals surface area contributed by atoms with Crippen LogP contribution in [0.3, 0.4) is 0 Å². The number of carbonyl (C=O) groups is 1. The molecule has 35 heavy (non-hydrogen) atoms. The van der Waals surface area contributed by atoms with Crippen molar-refractivity contribution in [3.8, 4) is 28.4 Å². The predicted octanol–water partition coefficient (Wildman–Crippen LogP) is 4.70. The largest absolute Gasteiger partial charge is 0.497 e. The Balaban J connectivity index is 1.88. The molecular formula is C27H23N5O3. The second kappa shape index (κ2) is 9.26. The molecule has 8 heteroatoms. The smallest absolute Gasteiger partial charge is 0.227 e. The highest BCUT2D eigenvalue weighted by atomic mass is 16.5. The van der Waals surface area contributed by atoms with Gasteiger partial charge in [-0.2, -0.15) is 4.98 Å². The van der Waals surface area contributed by atoms with E-state index in [1.54, 1.807) is 23.9 Å². The normalized spacial score (nSPS) is 10.9. The molecule has 0 radical (unpaired) electrons. The van der Waals surface area contributed by atoms with Crippen molar-refractivity contribution in [3.05, 3.63) is 90.0 Å². The maximum atomic E-state index is 13.9. The number of nitrogens with two attached hydrogens (primary N) is 1. The number of rotatable bonds is 7. The molecule has 3 aromatic carbocycles. The Bertz CT molecular complexity index is 1510. The van der Waals surface area contributed by atoms with Crippen LogP contribution in [0.25, 0.3) is 27.8 Å². The monoisotopic (exact) mass is 465 g/mol. The Morgan fingerprint density at radius 2 is 1.69 bits per heavy atom. The van der Waals surface area contributed by atoms with E-state index in [-0.39, 0.29) is 17.5 Å². The van der Waals surface area contributed by atoms with Gasteiger partial charge in [0.15, 0.2) is 11.6 Å². The van der Waals surface area contributed by atoms with Gasteiger partial charge >= 0.3 is 0 Å². The van der Waals surface area contributed by atoms with Crippen molar-refractivity contribution in [1.82, 2.24) is 20.0 Å². The van der Waals surface area contributed by atoms with Crippen LogP contribution in [0.4, 0.5) is 5.82 Å². The zero-order chi connectivity index (χ0) is 24.4. The number of carbonyl (C=O) groups excluding carboxylic acids is 1. The number of methoxy groups -OCH3 is 1. The number of ketones is 1. The molecule has 8 nitrogen and oxygen atoms in total. The molecule has 5 aromatic rings. The summed E-state index contributed by atoms with van der Waals surface area (Å²) in [5, 5.41) is 8.65. The lowest BCUT2D eigenvalue weighted by Gasteiger charge is -2.20. The van der Waals surface area contributed by atoms with E-state index in [0.29, 0.717) is 40.3 Å². The molecule has 0 saturated heterocycles. The minimum atomic E-state index is -0.238. The summed E-state index contributed by atoms with van der Waals surface area (Å²) in [7, 11) is 1.60. The molecule has 2 heterocycles. The molecule has 0 spiro atoms. The molecule has 0 fully saturated rings. The van der Waals surface area contributed by atoms with E-state index in [9.17, 15) is 4.79 Å². The number of nitrogen functional groups attached to an aromatic ring is 1. The molecule has 5 rings (SSSR count). The number of anilines is 1. The minimum absolute atomic E-state index is 0.165. The third-order valence-electron chi connectivity index (χ3n) is 5.65. The fraction of sp³-hybridized carbons (Fsp3) is 0.111. The van der Waals surface area contributed by atoms with Gasteiger partial charge in [0.05, 0.1) is 24.8 Å². The van der Waals surface area contributed by atoms with E-state index in [1.165, 1.54) is 0 Å². The average molecular weight is 466 g/mol. The molecule has 0 saturated carbocycles. The van der Waals surface area contributed by atoms with Crippen LogP contribution in [0.2, 0.25) is 0 Å². The van der Waals surface area contributed by atoms with Gasteiger partial charge in [-0.3, -0.25) is 4.79 Å². The molecule has 2 aromatic heterocycles. The summed E-state index contributed by atoms with van der Waals surface area (Å²) in [4.78, 5) is 18.4. The standard InChI is InChI=1S/C27H23N5O3/c1-3-35-27-23(25(33)18-9-5-4-6-10-18)22(17-13-15-19(34-2)16-14-17)24(26(28)29-27)32-21-12-8-7-11-20(21)30-31-32/h4-16H,3H2,1-2H3,(H2,28,29). The number of benzene rings is 3. The topological polar surface area (TPSA) is 105 Å². The summed E-state index contributed by atoms with van der Waals surface area (Å²) in [5.74, 6) is 0.778. The van der Waals surface area contributed by atoms with Crippen molar-refractivity contribution < 1.29 is 14.3 Å². The maximum Gasteiger partial charge on any atom is 0.227 e. The third kappa shape index (κ3) is 3.95. The number of hydrogen-bond acceptors (Lipinski definition) is 7. The van der Waals surface area contributed by atoms with Gasteiger partial charge in [-0.25, -0.2) is 4.68 Å². The van der Waals surface area contributed by atoms with E-state index in [0.717, 1.165) is 11.1 Å². The van der Waals surface area contributed by atoms with Crippen molar-refractivity contribution in [2.75, 3.05) is 19.5 Å². The lowest BCUT2D eigenvalue weighted by Crippen LogP contribution is -2.15. The van der Waals surface area contributed by atoms with E-state index in [4.69, 9.17) is 15.2 Å². The highest BCUT2D eigenvalue weighted by molar-refractivity contribution is 6.16.